The predicted molar refractivity (Wildman–Crippen MR) is 369 cm³/mol. The molecular formula is C83H66N2. The molecule has 0 saturated heterocycles. The quantitative estimate of drug-likeness (QED) is 0.143. The standard InChI is InChI=1S/C83H66N2/c1-45(2)51-20-23-57-41-78-71(34-63(57)27-51)76-38-66(39-77-72-35-64-28-52(46(3)4)21-24-58(64)42-79(72)84(78)82(76)77)56-14-10-12-54(29-56)55-13-11-15-60(30-55)68-32-61(48(7)8)31-67-40-73-75-37-65(50-18-16-49(9)17-19-50)36-74-70-33-62-26-53(47(5)6)22-25-59(62)43-80(70)85(83(74)75)81(73)44-69(67)68/h10-48H,1-9H3. The van der Waals surface area contributed by atoms with Crippen molar-refractivity contribution in [3.63, 3.8) is 0 Å². The van der Waals surface area contributed by atoms with Crippen LogP contribution in [0.2, 0.25) is 0 Å². The maximum absolute atomic E-state index is 2.58. The Bertz CT molecular complexity index is 5520. The van der Waals surface area contributed by atoms with Crippen molar-refractivity contribution in [1.82, 2.24) is 8.80 Å². The van der Waals surface area contributed by atoms with Gasteiger partial charge in [0.25, 0.3) is 0 Å². The molecule has 0 saturated carbocycles. The van der Waals surface area contributed by atoms with Gasteiger partial charge in [-0.2, -0.15) is 0 Å². The van der Waals surface area contributed by atoms with E-state index < -0.39 is 0 Å². The van der Waals surface area contributed by atoms with E-state index in [1.165, 1.54) is 192 Å². The van der Waals surface area contributed by atoms with Gasteiger partial charge in [-0.05, 0) is 225 Å². The molecule has 0 aliphatic heterocycles. The number of fused-ring (bicyclic) bond motifs is 16. The minimum atomic E-state index is 0.349. The van der Waals surface area contributed by atoms with Crippen LogP contribution in [-0.2, 0) is 0 Å². The van der Waals surface area contributed by atoms with Crippen LogP contribution >= 0.6 is 0 Å². The van der Waals surface area contributed by atoms with Crippen molar-refractivity contribution in [2.45, 2.75) is 86.0 Å². The molecule has 2 nitrogen and oxygen atoms in total. The van der Waals surface area contributed by atoms with Crippen LogP contribution in [0.15, 0.2) is 212 Å². The second-order valence-corrected chi connectivity index (χ2v) is 26.2. The summed E-state index contributed by atoms with van der Waals surface area (Å²) in [6.45, 7) is 20.6. The van der Waals surface area contributed by atoms with E-state index in [0.29, 0.717) is 23.7 Å². The normalized spacial score (nSPS) is 12.7. The van der Waals surface area contributed by atoms with Crippen LogP contribution < -0.4 is 0 Å². The Labute approximate surface area is 495 Å². The Hall–Kier alpha value is -9.50. The minimum Gasteiger partial charge on any atom is -0.308 e. The molecule has 0 radical (unpaired) electrons. The number of aryl methyl sites for hydroxylation is 1. The zero-order valence-electron chi connectivity index (χ0n) is 49.9. The Kier molecular flexibility index (Phi) is 10.7. The smallest absolute Gasteiger partial charge is 0.0620 e. The van der Waals surface area contributed by atoms with Crippen LogP contribution in [0.3, 0.4) is 0 Å². The second kappa shape index (κ2) is 18.3. The van der Waals surface area contributed by atoms with E-state index in [-0.39, 0.29) is 0 Å². The molecule has 4 aromatic heterocycles. The Morgan fingerprint density at radius 1 is 0.235 bits per heavy atom. The van der Waals surface area contributed by atoms with Gasteiger partial charge in [0.2, 0.25) is 0 Å². The summed E-state index contributed by atoms with van der Waals surface area (Å²) in [5, 5.41) is 20.7. The highest BCUT2D eigenvalue weighted by Gasteiger charge is 2.24. The number of hydrogen-bond donors (Lipinski definition) is 0. The van der Waals surface area contributed by atoms with E-state index in [2.05, 4.69) is 283 Å². The zero-order chi connectivity index (χ0) is 57.4. The van der Waals surface area contributed by atoms with Crippen LogP contribution in [0.25, 0.3) is 164 Å². The van der Waals surface area contributed by atoms with Crippen LogP contribution in [0.5, 0.6) is 0 Å². The molecule has 0 aliphatic carbocycles. The summed E-state index contributed by atoms with van der Waals surface area (Å²) in [6.07, 6.45) is 0. The highest BCUT2D eigenvalue weighted by Crippen LogP contribution is 2.48. The van der Waals surface area contributed by atoms with Crippen molar-refractivity contribution in [2.75, 3.05) is 0 Å². The van der Waals surface area contributed by atoms with Crippen molar-refractivity contribution < 1.29 is 0 Å². The Morgan fingerprint density at radius 3 is 1.04 bits per heavy atom. The fourth-order valence-electron chi connectivity index (χ4n) is 14.7. The number of aromatic nitrogens is 2. The monoisotopic (exact) mass is 1090 g/mol. The fourth-order valence-corrected chi connectivity index (χ4v) is 14.7. The first-order chi connectivity index (χ1) is 41.3. The van der Waals surface area contributed by atoms with Crippen molar-refractivity contribution in [2.24, 2.45) is 0 Å². The van der Waals surface area contributed by atoms with Gasteiger partial charge in [-0.1, -0.05) is 188 Å². The molecule has 0 unspecified atom stereocenters. The molecule has 0 spiro atoms. The zero-order valence-corrected chi connectivity index (χ0v) is 49.9. The SMILES string of the molecule is Cc1ccc(-c2cc3c4cc5cc(C(C)C)ccc5cc4n4c5cc6c(-c7cccc(-c8cccc(-c9cc%10c%11cc%12cc(C(C)C)ccc%12cc%11n%11c%12cc%13ccc(C(C)C)cc%13cc%12c(c9)c%10%11)c8)c7)cc(C(C)C)cc6cc5c(c2)c34)cc1. The van der Waals surface area contributed by atoms with E-state index in [0.717, 1.165) is 0 Å². The molecule has 0 fully saturated rings. The van der Waals surface area contributed by atoms with Crippen LogP contribution in [0.4, 0.5) is 0 Å². The maximum atomic E-state index is 2.58. The molecule has 0 N–H and O–H groups in total. The molecule has 0 aliphatic rings. The van der Waals surface area contributed by atoms with Crippen molar-refractivity contribution in [1.29, 1.82) is 0 Å². The maximum Gasteiger partial charge on any atom is 0.0620 e. The van der Waals surface area contributed by atoms with Gasteiger partial charge in [0.1, 0.15) is 0 Å². The Morgan fingerprint density at radius 2 is 0.600 bits per heavy atom. The lowest BCUT2D eigenvalue weighted by molar-refractivity contribution is 0.869. The van der Waals surface area contributed by atoms with Crippen molar-refractivity contribution in [3.05, 3.63) is 240 Å². The van der Waals surface area contributed by atoms with Gasteiger partial charge >= 0.3 is 0 Å². The Balaban J connectivity index is 0.848. The summed E-state index contributed by atoms with van der Waals surface area (Å²) < 4.78 is 5.15. The van der Waals surface area contributed by atoms with Gasteiger partial charge in [0, 0.05) is 43.1 Å². The third-order valence-corrected chi connectivity index (χ3v) is 19.6. The molecule has 0 atom stereocenters. The molecule has 2 heteroatoms. The summed E-state index contributed by atoms with van der Waals surface area (Å²) in [6, 6.07) is 83.3. The molecule has 0 bridgehead atoms. The van der Waals surface area contributed by atoms with Gasteiger partial charge in [-0.25, -0.2) is 0 Å². The molecule has 4 heterocycles. The van der Waals surface area contributed by atoms with E-state index >= 15 is 0 Å². The topological polar surface area (TPSA) is 8.82 Å². The molecule has 85 heavy (non-hydrogen) atoms. The lowest BCUT2D eigenvalue weighted by Gasteiger charge is -2.15. The lowest BCUT2D eigenvalue weighted by Crippen LogP contribution is -1.92. The van der Waals surface area contributed by atoms with Crippen LogP contribution in [-0.4, -0.2) is 8.80 Å². The van der Waals surface area contributed by atoms with Crippen molar-refractivity contribution in [3.8, 4) is 44.5 Å². The number of benzene rings is 13. The summed E-state index contributed by atoms with van der Waals surface area (Å²) in [4.78, 5) is 0. The average molecular weight is 1090 g/mol. The molecule has 17 rings (SSSR count). The highest BCUT2D eigenvalue weighted by molar-refractivity contribution is 6.29. The van der Waals surface area contributed by atoms with Gasteiger partial charge < -0.3 is 8.80 Å². The van der Waals surface area contributed by atoms with E-state index in [1.54, 1.807) is 0 Å². The highest BCUT2D eigenvalue weighted by atomic mass is 14.9. The predicted octanol–water partition coefficient (Wildman–Crippen LogP) is 24.1. The van der Waals surface area contributed by atoms with Crippen LogP contribution in [0, 0.1) is 6.92 Å². The third-order valence-electron chi connectivity index (χ3n) is 19.6. The van der Waals surface area contributed by atoms with E-state index in [9.17, 15) is 0 Å². The third kappa shape index (κ3) is 7.57. The number of hydrogen-bond acceptors (Lipinski definition) is 0. The van der Waals surface area contributed by atoms with Gasteiger partial charge in [-0.3, -0.25) is 0 Å². The lowest BCUT2D eigenvalue weighted by atomic mass is 9.89. The van der Waals surface area contributed by atoms with E-state index in [4.69, 9.17) is 0 Å². The fraction of sp³-hybridized carbons (Fsp3) is 0.157. The molecule has 13 aromatic carbocycles. The minimum absolute atomic E-state index is 0.349. The molecule has 0 amide bonds. The summed E-state index contributed by atoms with van der Waals surface area (Å²) in [7, 11) is 0. The largest absolute Gasteiger partial charge is 0.308 e. The van der Waals surface area contributed by atoms with Crippen LogP contribution in [0.1, 0.15) is 107 Å². The van der Waals surface area contributed by atoms with Gasteiger partial charge in [-0.15, -0.1) is 0 Å². The van der Waals surface area contributed by atoms with Gasteiger partial charge in [0.05, 0.1) is 33.1 Å². The molecular weight excluding hydrogens is 1020 g/mol. The molecule has 17 aromatic rings. The number of nitrogens with zero attached hydrogens (tertiary/aromatic N) is 2. The summed E-state index contributed by atoms with van der Waals surface area (Å²) in [5.74, 6) is 1.72. The summed E-state index contributed by atoms with van der Waals surface area (Å²) in [5.41, 5.74) is 24.2. The number of rotatable bonds is 8. The first-order valence-corrected chi connectivity index (χ1v) is 30.9. The first kappa shape index (κ1) is 50.1. The first-order valence-electron chi connectivity index (χ1n) is 30.9. The van der Waals surface area contributed by atoms with E-state index in [1.807, 2.05) is 0 Å². The van der Waals surface area contributed by atoms with Crippen molar-refractivity contribution >= 4 is 119 Å². The second-order valence-electron chi connectivity index (χ2n) is 26.2. The molecule has 408 valence electrons. The average Bonchev–Trinajstić information content (AvgIpc) is 1.56. The van der Waals surface area contributed by atoms with Gasteiger partial charge in [0.15, 0.2) is 0 Å². The summed E-state index contributed by atoms with van der Waals surface area (Å²) >= 11 is 0.